The molecule has 10 heteroatoms. The number of hydrogen-bond acceptors (Lipinski definition) is 7. The lowest BCUT2D eigenvalue weighted by Crippen LogP contribution is -2.46. The van der Waals surface area contributed by atoms with Crippen molar-refractivity contribution < 1.29 is 24.5 Å². The van der Waals surface area contributed by atoms with Crippen molar-refractivity contribution in [2.75, 3.05) is 20.3 Å². The number of methoxy groups -OCH3 is 1. The quantitative estimate of drug-likeness (QED) is 0.350. The Labute approximate surface area is 222 Å². The monoisotopic (exact) mass is 521 g/mol. The van der Waals surface area contributed by atoms with Crippen LogP contribution in [0.3, 0.4) is 0 Å². The fraction of sp³-hybridized carbons (Fsp3) is 0.429. The SMILES string of the molecule is COC[C@H]1CCCN1C(=O)c1cc(C)cc(C(=O)N[C@@H](Cc2ccccc2)[C@@H](O)Cn2cc(CO)nn2)c1. The number of rotatable bonds is 11. The minimum Gasteiger partial charge on any atom is -0.390 e. The highest BCUT2D eigenvalue weighted by molar-refractivity contribution is 6.00. The molecule has 1 fully saturated rings. The van der Waals surface area contributed by atoms with E-state index in [9.17, 15) is 19.8 Å². The van der Waals surface area contributed by atoms with Gasteiger partial charge in [-0.25, -0.2) is 4.68 Å². The van der Waals surface area contributed by atoms with Gasteiger partial charge in [0.25, 0.3) is 11.8 Å². The molecule has 0 bridgehead atoms. The average molecular weight is 522 g/mol. The van der Waals surface area contributed by atoms with Gasteiger partial charge in [0, 0.05) is 24.8 Å². The van der Waals surface area contributed by atoms with Crippen LogP contribution in [0.5, 0.6) is 0 Å². The molecule has 10 nitrogen and oxygen atoms in total. The van der Waals surface area contributed by atoms with Crippen LogP contribution in [0.2, 0.25) is 0 Å². The molecular weight excluding hydrogens is 486 g/mol. The van der Waals surface area contributed by atoms with E-state index in [0.29, 0.717) is 36.4 Å². The Bertz CT molecular complexity index is 1230. The normalized spacial score (nSPS) is 16.8. The number of nitrogens with zero attached hydrogens (tertiary/aromatic N) is 4. The summed E-state index contributed by atoms with van der Waals surface area (Å²) < 4.78 is 6.73. The van der Waals surface area contributed by atoms with Crippen LogP contribution in [0.1, 0.15) is 50.4 Å². The largest absolute Gasteiger partial charge is 0.390 e. The van der Waals surface area contributed by atoms with Crippen molar-refractivity contribution in [3.8, 4) is 0 Å². The molecule has 3 aromatic rings. The smallest absolute Gasteiger partial charge is 0.254 e. The highest BCUT2D eigenvalue weighted by Gasteiger charge is 2.30. The number of hydrogen-bond donors (Lipinski definition) is 3. The van der Waals surface area contributed by atoms with Gasteiger partial charge in [-0.1, -0.05) is 35.5 Å². The number of aliphatic hydroxyl groups is 2. The van der Waals surface area contributed by atoms with Gasteiger partial charge >= 0.3 is 0 Å². The van der Waals surface area contributed by atoms with Crippen LogP contribution in [-0.2, 0) is 24.3 Å². The molecular formula is C28H35N5O5. The van der Waals surface area contributed by atoms with Gasteiger partial charge in [-0.2, -0.15) is 0 Å². The van der Waals surface area contributed by atoms with Crippen LogP contribution in [0.25, 0.3) is 0 Å². The Kier molecular flexibility index (Phi) is 9.22. The zero-order valence-electron chi connectivity index (χ0n) is 21.8. The van der Waals surface area contributed by atoms with E-state index in [0.717, 1.165) is 24.0 Å². The zero-order chi connectivity index (χ0) is 27.1. The Morgan fingerprint density at radius 2 is 1.95 bits per heavy atom. The number of aliphatic hydroxyl groups excluding tert-OH is 2. The predicted octanol–water partition coefficient (Wildman–Crippen LogP) is 1.73. The van der Waals surface area contributed by atoms with E-state index in [4.69, 9.17) is 4.74 Å². The van der Waals surface area contributed by atoms with Crippen LogP contribution in [-0.4, -0.2) is 80.4 Å². The minimum absolute atomic E-state index is 0.0267. The first-order valence-electron chi connectivity index (χ1n) is 12.8. The molecule has 0 unspecified atom stereocenters. The molecule has 0 spiro atoms. The summed E-state index contributed by atoms with van der Waals surface area (Å²) in [5, 5.41) is 31.1. The molecule has 0 radical (unpaired) electrons. The maximum absolute atomic E-state index is 13.4. The van der Waals surface area contributed by atoms with Gasteiger partial charge in [0.05, 0.1) is 44.1 Å². The van der Waals surface area contributed by atoms with E-state index in [1.165, 1.54) is 4.68 Å². The first kappa shape index (κ1) is 27.4. The van der Waals surface area contributed by atoms with Gasteiger partial charge in [-0.15, -0.1) is 5.10 Å². The van der Waals surface area contributed by atoms with Gasteiger partial charge < -0.3 is 25.2 Å². The summed E-state index contributed by atoms with van der Waals surface area (Å²) in [6.45, 7) is 2.82. The van der Waals surface area contributed by atoms with Crippen molar-refractivity contribution in [2.24, 2.45) is 0 Å². The lowest BCUT2D eigenvalue weighted by atomic mass is 9.99. The standard InChI is InChI=1S/C28H35N5O5/c1-19-11-21(14-22(12-19)28(37)33-10-6-9-24(33)18-38-2)27(36)29-25(13-20-7-4-3-5-8-20)26(35)16-32-15-23(17-34)30-31-32/h3-5,7-8,11-12,14-15,24-26,34-35H,6,9-10,13,16-18H2,1-2H3,(H,29,36)/t24-,25+,26+/m1/s1. The number of likely N-dealkylation sites (tertiary alicyclic amines) is 1. The van der Waals surface area contributed by atoms with E-state index in [-0.39, 0.29) is 31.0 Å². The number of carbonyl (C=O) groups is 2. The highest BCUT2D eigenvalue weighted by atomic mass is 16.5. The summed E-state index contributed by atoms with van der Waals surface area (Å²) in [5.41, 5.74) is 2.94. The number of aryl methyl sites for hydroxylation is 1. The third-order valence-electron chi connectivity index (χ3n) is 6.79. The number of aromatic nitrogens is 3. The fourth-order valence-electron chi connectivity index (χ4n) is 4.89. The molecule has 2 heterocycles. The Balaban J connectivity index is 1.53. The van der Waals surface area contributed by atoms with E-state index >= 15 is 0 Å². The molecule has 38 heavy (non-hydrogen) atoms. The molecule has 0 saturated carbocycles. The highest BCUT2D eigenvalue weighted by Crippen LogP contribution is 2.22. The summed E-state index contributed by atoms with van der Waals surface area (Å²) in [6.07, 6.45) is 2.77. The van der Waals surface area contributed by atoms with E-state index in [2.05, 4.69) is 15.6 Å². The first-order valence-corrected chi connectivity index (χ1v) is 12.8. The predicted molar refractivity (Wildman–Crippen MR) is 140 cm³/mol. The average Bonchev–Trinajstić information content (AvgIpc) is 3.57. The molecule has 1 saturated heterocycles. The second-order valence-electron chi connectivity index (χ2n) is 9.76. The van der Waals surface area contributed by atoms with Crippen molar-refractivity contribution in [3.05, 3.63) is 82.7 Å². The maximum Gasteiger partial charge on any atom is 0.254 e. The Morgan fingerprint density at radius 3 is 2.66 bits per heavy atom. The summed E-state index contributed by atoms with van der Waals surface area (Å²) in [4.78, 5) is 28.6. The van der Waals surface area contributed by atoms with Crippen LogP contribution >= 0.6 is 0 Å². The molecule has 1 aromatic heterocycles. The van der Waals surface area contributed by atoms with Crippen molar-refractivity contribution >= 4 is 11.8 Å². The molecule has 2 amide bonds. The lowest BCUT2D eigenvalue weighted by Gasteiger charge is -2.25. The van der Waals surface area contributed by atoms with Gasteiger partial charge in [0.15, 0.2) is 0 Å². The third-order valence-corrected chi connectivity index (χ3v) is 6.79. The molecule has 1 aliphatic rings. The minimum atomic E-state index is -0.988. The van der Waals surface area contributed by atoms with Gasteiger partial charge in [0.1, 0.15) is 5.69 Å². The second-order valence-corrected chi connectivity index (χ2v) is 9.76. The topological polar surface area (TPSA) is 130 Å². The number of carbonyl (C=O) groups excluding carboxylic acids is 2. The van der Waals surface area contributed by atoms with Crippen LogP contribution in [0, 0.1) is 6.92 Å². The number of benzene rings is 2. The molecule has 2 aromatic carbocycles. The number of amides is 2. The summed E-state index contributed by atoms with van der Waals surface area (Å²) in [5.74, 6) is -0.499. The Hall–Kier alpha value is -3.60. The molecule has 4 rings (SSSR count). The molecule has 3 atom stereocenters. The van der Waals surface area contributed by atoms with E-state index in [1.807, 2.05) is 42.2 Å². The van der Waals surface area contributed by atoms with E-state index < -0.39 is 12.1 Å². The van der Waals surface area contributed by atoms with Crippen LogP contribution < -0.4 is 5.32 Å². The van der Waals surface area contributed by atoms with Crippen molar-refractivity contribution in [2.45, 2.75) is 57.5 Å². The second kappa shape index (κ2) is 12.8. The Morgan fingerprint density at radius 1 is 1.18 bits per heavy atom. The summed E-state index contributed by atoms with van der Waals surface area (Å²) in [7, 11) is 1.63. The van der Waals surface area contributed by atoms with Crippen LogP contribution in [0.15, 0.2) is 54.7 Å². The summed E-state index contributed by atoms with van der Waals surface area (Å²) in [6, 6.07) is 14.1. The molecule has 3 N–H and O–H groups in total. The van der Waals surface area contributed by atoms with Crippen molar-refractivity contribution in [1.82, 2.24) is 25.2 Å². The molecule has 1 aliphatic heterocycles. The summed E-state index contributed by atoms with van der Waals surface area (Å²) >= 11 is 0. The fourth-order valence-corrected chi connectivity index (χ4v) is 4.89. The van der Waals surface area contributed by atoms with Gasteiger partial charge in [-0.3, -0.25) is 9.59 Å². The van der Waals surface area contributed by atoms with Crippen LogP contribution in [0.4, 0.5) is 0 Å². The van der Waals surface area contributed by atoms with E-state index in [1.54, 1.807) is 31.5 Å². The van der Waals surface area contributed by atoms with Gasteiger partial charge in [0.2, 0.25) is 0 Å². The molecule has 0 aliphatic carbocycles. The number of nitrogens with one attached hydrogen (secondary N) is 1. The molecule has 202 valence electrons. The lowest BCUT2D eigenvalue weighted by molar-refractivity contribution is 0.0630. The third kappa shape index (κ3) is 6.83. The zero-order valence-corrected chi connectivity index (χ0v) is 21.8. The first-order chi connectivity index (χ1) is 18.4. The number of ether oxygens (including phenoxy) is 1. The maximum atomic E-state index is 13.4. The van der Waals surface area contributed by atoms with Crippen molar-refractivity contribution in [3.63, 3.8) is 0 Å². The van der Waals surface area contributed by atoms with Crippen molar-refractivity contribution in [1.29, 1.82) is 0 Å². The van der Waals surface area contributed by atoms with Gasteiger partial charge in [-0.05, 0) is 55.5 Å².